The number of nitrogens with one attached hydrogen (secondary N) is 1. The van der Waals surface area contributed by atoms with Crippen LogP contribution in [0.5, 0.6) is 0 Å². The summed E-state index contributed by atoms with van der Waals surface area (Å²) in [4.78, 5) is 4.09. The fraction of sp³-hybridized carbons (Fsp3) is 0.333. The number of nitrogens with zero attached hydrogens (tertiary/aromatic N) is 1. The number of hydrogen-bond acceptors (Lipinski definition) is 3. The maximum atomic E-state index is 7.82. The zero-order chi connectivity index (χ0) is 11.5. The molecule has 0 aliphatic carbocycles. The van der Waals surface area contributed by atoms with E-state index >= 15 is 0 Å². The van der Waals surface area contributed by atoms with Crippen molar-refractivity contribution in [3.8, 4) is 0 Å². The number of aromatic nitrogens is 1. The van der Waals surface area contributed by atoms with Gasteiger partial charge < -0.3 is 5.73 Å². The van der Waals surface area contributed by atoms with Crippen molar-refractivity contribution in [1.29, 1.82) is 5.41 Å². The zero-order valence-electron chi connectivity index (χ0n) is 9.41. The van der Waals surface area contributed by atoms with Gasteiger partial charge in [-0.3, -0.25) is 10.4 Å². The quantitative estimate of drug-likeness (QED) is 0.725. The summed E-state index contributed by atoms with van der Waals surface area (Å²) in [6, 6.07) is 5.49. The fourth-order valence-electron chi connectivity index (χ4n) is 0.968. The van der Waals surface area contributed by atoms with Gasteiger partial charge in [-0.05, 0) is 18.2 Å². The van der Waals surface area contributed by atoms with Gasteiger partial charge in [-0.25, -0.2) is 0 Å². The molecule has 0 fully saturated rings. The average molecular weight is 203 g/mol. The second kappa shape index (κ2) is 4.26. The van der Waals surface area contributed by atoms with Crippen molar-refractivity contribution in [2.24, 2.45) is 11.1 Å². The van der Waals surface area contributed by atoms with Crippen molar-refractivity contribution < 1.29 is 0 Å². The van der Waals surface area contributed by atoms with Crippen LogP contribution in [0.25, 0.3) is 0 Å². The molecule has 0 amide bonds. The molecule has 0 radical (unpaired) electrons. The molecule has 15 heavy (non-hydrogen) atoms. The lowest BCUT2D eigenvalue weighted by Gasteiger charge is -2.18. The number of nitrogens with two attached hydrogens (primary N) is 1. The minimum absolute atomic E-state index is 0.110. The average Bonchev–Trinajstić information content (AvgIpc) is 2.17. The van der Waals surface area contributed by atoms with Crippen LogP contribution in [0, 0.1) is 10.8 Å². The monoisotopic (exact) mass is 203 g/mol. The molecular formula is C12H17N3. The molecule has 80 valence electrons. The first kappa shape index (κ1) is 11.4. The topological polar surface area (TPSA) is 62.8 Å². The van der Waals surface area contributed by atoms with Gasteiger partial charge in [-0.2, -0.15) is 0 Å². The summed E-state index contributed by atoms with van der Waals surface area (Å²) in [5, 5.41) is 7.82. The highest BCUT2D eigenvalue weighted by molar-refractivity contribution is 6.05. The van der Waals surface area contributed by atoms with E-state index in [1.54, 1.807) is 18.3 Å². The van der Waals surface area contributed by atoms with Gasteiger partial charge in [0.05, 0.1) is 11.4 Å². The first-order valence-corrected chi connectivity index (χ1v) is 4.89. The highest BCUT2D eigenvalue weighted by Crippen LogP contribution is 2.20. The van der Waals surface area contributed by atoms with Crippen LogP contribution in [0.4, 0.5) is 0 Å². The normalized spacial score (nSPS) is 12.6. The van der Waals surface area contributed by atoms with Crippen LogP contribution in [0.2, 0.25) is 0 Å². The van der Waals surface area contributed by atoms with Crippen molar-refractivity contribution >= 4 is 5.71 Å². The molecule has 0 aliphatic heterocycles. The SMILES string of the molecule is CC(C)(C)C(N)=CC(=N)c1ccccn1. The predicted molar refractivity (Wildman–Crippen MR) is 62.8 cm³/mol. The van der Waals surface area contributed by atoms with Crippen molar-refractivity contribution in [3.05, 3.63) is 41.9 Å². The van der Waals surface area contributed by atoms with E-state index < -0.39 is 0 Å². The fourth-order valence-corrected chi connectivity index (χ4v) is 0.968. The molecule has 3 nitrogen and oxygen atoms in total. The number of pyridine rings is 1. The van der Waals surface area contributed by atoms with Crippen molar-refractivity contribution in [3.63, 3.8) is 0 Å². The standard InChI is InChI=1S/C12H17N3/c1-12(2,3)11(14)8-9(13)10-6-4-5-7-15-10/h4-8,13H,14H2,1-3H3. The largest absolute Gasteiger partial charge is 0.402 e. The predicted octanol–water partition coefficient (Wildman–Crippen LogP) is 2.34. The number of rotatable bonds is 2. The van der Waals surface area contributed by atoms with Gasteiger partial charge in [-0.15, -0.1) is 0 Å². The molecule has 0 atom stereocenters. The molecule has 0 aliphatic rings. The Kier molecular flexibility index (Phi) is 3.24. The van der Waals surface area contributed by atoms with E-state index in [2.05, 4.69) is 4.98 Å². The molecule has 1 heterocycles. The summed E-state index contributed by atoms with van der Waals surface area (Å²) >= 11 is 0. The Bertz CT molecular complexity index is 372. The van der Waals surface area contributed by atoms with Gasteiger partial charge in [-0.1, -0.05) is 26.8 Å². The van der Waals surface area contributed by atoms with E-state index in [-0.39, 0.29) is 5.41 Å². The maximum absolute atomic E-state index is 7.82. The summed E-state index contributed by atoms with van der Waals surface area (Å²) in [5.74, 6) is 0. The lowest BCUT2D eigenvalue weighted by atomic mass is 9.91. The smallest absolute Gasteiger partial charge is 0.0879 e. The van der Waals surface area contributed by atoms with E-state index in [1.165, 1.54) is 0 Å². The van der Waals surface area contributed by atoms with Gasteiger partial charge in [0.15, 0.2) is 0 Å². The van der Waals surface area contributed by atoms with Crippen LogP contribution >= 0.6 is 0 Å². The number of hydrogen-bond donors (Lipinski definition) is 2. The lowest BCUT2D eigenvalue weighted by molar-refractivity contribution is 0.498. The summed E-state index contributed by atoms with van der Waals surface area (Å²) in [6.07, 6.45) is 3.34. The summed E-state index contributed by atoms with van der Waals surface area (Å²) < 4.78 is 0. The minimum Gasteiger partial charge on any atom is -0.402 e. The first-order valence-electron chi connectivity index (χ1n) is 4.89. The molecule has 1 aromatic heterocycles. The third kappa shape index (κ3) is 3.20. The summed E-state index contributed by atoms with van der Waals surface area (Å²) in [6.45, 7) is 6.06. The van der Waals surface area contributed by atoms with Gasteiger partial charge in [0.1, 0.15) is 0 Å². The Balaban J connectivity index is 2.90. The molecule has 3 heteroatoms. The van der Waals surface area contributed by atoms with E-state index in [9.17, 15) is 0 Å². The van der Waals surface area contributed by atoms with Crippen LogP contribution in [-0.4, -0.2) is 10.7 Å². The molecule has 0 saturated heterocycles. The van der Waals surface area contributed by atoms with Gasteiger partial charge in [0.25, 0.3) is 0 Å². The first-order chi connectivity index (χ1) is 6.91. The molecular weight excluding hydrogens is 186 g/mol. The second-order valence-electron chi connectivity index (χ2n) is 4.48. The number of allylic oxidation sites excluding steroid dienone is 2. The van der Waals surface area contributed by atoms with E-state index in [1.807, 2.05) is 32.9 Å². The van der Waals surface area contributed by atoms with Gasteiger partial charge >= 0.3 is 0 Å². The van der Waals surface area contributed by atoms with Crippen molar-refractivity contribution in [1.82, 2.24) is 4.98 Å². The van der Waals surface area contributed by atoms with Crippen LogP contribution in [0.1, 0.15) is 26.5 Å². The molecule has 3 N–H and O–H groups in total. The van der Waals surface area contributed by atoms with Crippen LogP contribution in [-0.2, 0) is 0 Å². The second-order valence-corrected chi connectivity index (χ2v) is 4.48. The Morgan fingerprint density at radius 3 is 2.53 bits per heavy atom. The third-order valence-corrected chi connectivity index (χ3v) is 2.11. The van der Waals surface area contributed by atoms with E-state index in [0.29, 0.717) is 17.1 Å². The molecule has 0 aromatic carbocycles. The molecule has 0 spiro atoms. The molecule has 0 saturated carbocycles. The minimum atomic E-state index is -0.110. The van der Waals surface area contributed by atoms with E-state index in [4.69, 9.17) is 11.1 Å². The zero-order valence-corrected chi connectivity index (χ0v) is 9.41. The Morgan fingerprint density at radius 2 is 2.07 bits per heavy atom. The lowest BCUT2D eigenvalue weighted by Crippen LogP contribution is -2.18. The Hall–Kier alpha value is -1.64. The van der Waals surface area contributed by atoms with Crippen LogP contribution < -0.4 is 5.73 Å². The molecule has 1 aromatic rings. The van der Waals surface area contributed by atoms with Crippen molar-refractivity contribution in [2.75, 3.05) is 0 Å². The van der Waals surface area contributed by atoms with E-state index in [0.717, 1.165) is 0 Å². The van der Waals surface area contributed by atoms with Gasteiger partial charge in [0.2, 0.25) is 0 Å². The molecule has 1 rings (SSSR count). The van der Waals surface area contributed by atoms with Crippen LogP contribution in [0.15, 0.2) is 36.2 Å². The van der Waals surface area contributed by atoms with Gasteiger partial charge in [0, 0.05) is 17.3 Å². The highest BCUT2D eigenvalue weighted by Gasteiger charge is 2.14. The highest BCUT2D eigenvalue weighted by atomic mass is 14.7. The third-order valence-electron chi connectivity index (χ3n) is 2.11. The van der Waals surface area contributed by atoms with Crippen LogP contribution in [0.3, 0.4) is 0 Å². The molecule has 0 bridgehead atoms. The molecule has 0 unspecified atom stereocenters. The van der Waals surface area contributed by atoms with Crippen molar-refractivity contribution in [2.45, 2.75) is 20.8 Å². The summed E-state index contributed by atoms with van der Waals surface area (Å²) in [5.41, 5.74) is 7.46. The Morgan fingerprint density at radius 1 is 1.40 bits per heavy atom. The Labute approximate surface area is 90.5 Å². The summed E-state index contributed by atoms with van der Waals surface area (Å²) in [7, 11) is 0. The maximum Gasteiger partial charge on any atom is 0.0879 e.